The van der Waals surface area contributed by atoms with Crippen molar-refractivity contribution in [2.75, 3.05) is 26.3 Å². The molecule has 0 atom stereocenters. The molecule has 0 aromatic heterocycles. The van der Waals surface area contributed by atoms with Gasteiger partial charge in [0.05, 0.1) is 12.5 Å². The van der Waals surface area contributed by atoms with Crippen LogP contribution in [-0.2, 0) is 19.1 Å². The summed E-state index contributed by atoms with van der Waals surface area (Å²) in [6.07, 6.45) is 1.08. The molecule has 1 aromatic rings. The molecule has 1 N–H and O–H groups in total. The van der Waals surface area contributed by atoms with Crippen molar-refractivity contribution in [2.45, 2.75) is 26.7 Å². The summed E-state index contributed by atoms with van der Waals surface area (Å²) in [5.41, 5.74) is 0.842. The zero-order valence-electron chi connectivity index (χ0n) is 14.5. The molecule has 1 saturated heterocycles. The van der Waals surface area contributed by atoms with E-state index in [1.165, 1.54) is 12.1 Å². The number of phenols is 1. The second-order valence-electron chi connectivity index (χ2n) is 6.00. The Morgan fingerprint density at radius 3 is 2.48 bits per heavy atom. The number of piperidine rings is 1. The van der Waals surface area contributed by atoms with Gasteiger partial charge in [-0.25, -0.2) is 4.79 Å². The lowest BCUT2D eigenvalue weighted by atomic mass is 9.97. The molecular formula is C18H23NO6. The molecule has 2 rings (SSSR count). The van der Waals surface area contributed by atoms with E-state index in [2.05, 4.69) is 0 Å². The van der Waals surface area contributed by atoms with E-state index in [9.17, 15) is 19.5 Å². The van der Waals surface area contributed by atoms with Crippen molar-refractivity contribution >= 4 is 17.8 Å². The number of aromatic hydroxyl groups is 1. The van der Waals surface area contributed by atoms with E-state index >= 15 is 0 Å². The number of nitrogens with zero attached hydrogens (tertiary/aromatic N) is 1. The molecule has 1 aromatic carbocycles. The summed E-state index contributed by atoms with van der Waals surface area (Å²) < 4.78 is 9.98. The molecule has 0 saturated carbocycles. The minimum atomic E-state index is -0.743. The van der Waals surface area contributed by atoms with Crippen LogP contribution in [0.3, 0.4) is 0 Å². The van der Waals surface area contributed by atoms with Gasteiger partial charge >= 0.3 is 11.9 Å². The summed E-state index contributed by atoms with van der Waals surface area (Å²) >= 11 is 0. The Kier molecular flexibility index (Phi) is 6.38. The third kappa shape index (κ3) is 4.95. The molecule has 136 valence electrons. The zero-order chi connectivity index (χ0) is 18.4. The lowest BCUT2D eigenvalue weighted by Crippen LogP contribution is -2.42. The number of benzene rings is 1. The summed E-state index contributed by atoms with van der Waals surface area (Å²) in [5.74, 6) is -1.64. The molecule has 1 aliphatic heterocycles. The number of carbonyl (C=O) groups is 3. The van der Waals surface area contributed by atoms with Crippen molar-refractivity contribution in [2.24, 2.45) is 5.92 Å². The van der Waals surface area contributed by atoms with E-state index in [1.54, 1.807) is 24.8 Å². The van der Waals surface area contributed by atoms with Crippen LogP contribution < -0.4 is 0 Å². The van der Waals surface area contributed by atoms with Gasteiger partial charge in [0.15, 0.2) is 6.61 Å². The molecule has 0 spiro atoms. The van der Waals surface area contributed by atoms with Gasteiger partial charge in [-0.15, -0.1) is 0 Å². The second kappa shape index (κ2) is 8.50. The molecule has 1 amide bonds. The van der Waals surface area contributed by atoms with Crippen LogP contribution in [0.4, 0.5) is 0 Å². The highest BCUT2D eigenvalue weighted by Gasteiger charge is 2.28. The van der Waals surface area contributed by atoms with Gasteiger partial charge in [0.25, 0.3) is 5.91 Å². The molecule has 7 heteroatoms. The van der Waals surface area contributed by atoms with Gasteiger partial charge in [0.2, 0.25) is 0 Å². The first kappa shape index (κ1) is 18.8. The molecule has 1 aliphatic rings. The van der Waals surface area contributed by atoms with Gasteiger partial charge in [-0.2, -0.15) is 0 Å². The predicted octanol–water partition coefficient (Wildman–Crippen LogP) is 1.66. The largest absolute Gasteiger partial charge is 0.507 e. The topological polar surface area (TPSA) is 93.1 Å². The summed E-state index contributed by atoms with van der Waals surface area (Å²) in [5, 5.41) is 9.76. The monoisotopic (exact) mass is 349 g/mol. The van der Waals surface area contributed by atoms with Crippen LogP contribution in [0.1, 0.15) is 35.7 Å². The van der Waals surface area contributed by atoms with E-state index in [1.807, 2.05) is 0 Å². The Bertz CT molecular complexity index is 649. The average molecular weight is 349 g/mol. The highest BCUT2D eigenvalue weighted by molar-refractivity contribution is 5.94. The molecule has 25 heavy (non-hydrogen) atoms. The SMILES string of the molecule is CCOC(=O)C1CCN(C(=O)COC(=O)c2ccc(C)cc2O)CC1. The molecule has 0 unspecified atom stereocenters. The maximum atomic E-state index is 12.1. The van der Waals surface area contributed by atoms with Gasteiger partial charge in [-0.1, -0.05) is 6.07 Å². The first-order chi connectivity index (χ1) is 11.9. The van der Waals surface area contributed by atoms with E-state index in [4.69, 9.17) is 9.47 Å². The Morgan fingerprint density at radius 2 is 1.88 bits per heavy atom. The van der Waals surface area contributed by atoms with E-state index < -0.39 is 12.6 Å². The second-order valence-corrected chi connectivity index (χ2v) is 6.00. The number of phenolic OH excluding ortho intramolecular Hbond substituents is 1. The van der Waals surface area contributed by atoms with Gasteiger partial charge in [-0.05, 0) is 44.4 Å². The number of amides is 1. The summed E-state index contributed by atoms with van der Waals surface area (Å²) in [4.78, 5) is 37.4. The number of aryl methyl sites for hydroxylation is 1. The third-order valence-electron chi connectivity index (χ3n) is 4.17. The van der Waals surface area contributed by atoms with Crippen molar-refractivity contribution in [3.63, 3.8) is 0 Å². The van der Waals surface area contributed by atoms with E-state index in [-0.39, 0.29) is 29.1 Å². The smallest absolute Gasteiger partial charge is 0.342 e. The van der Waals surface area contributed by atoms with Crippen molar-refractivity contribution in [3.05, 3.63) is 29.3 Å². The maximum Gasteiger partial charge on any atom is 0.342 e. The summed E-state index contributed by atoms with van der Waals surface area (Å²) in [6, 6.07) is 4.60. The van der Waals surface area contributed by atoms with E-state index in [0.717, 1.165) is 5.56 Å². The standard InChI is InChI=1S/C18H23NO6/c1-3-24-17(22)13-6-8-19(9-7-13)16(21)11-25-18(23)14-5-4-12(2)10-15(14)20/h4-5,10,13,20H,3,6-9,11H2,1-2H3. The minimum Gasteiger partial charge on any atom is -0.507 e. The van der Waals surface area contributed by atoms with Crippen molar-refractivity contribution < 1.29 is 29.0 Å². The normalized spacial score (nSPS) is 14.9. The third-order valence-corrected chi connectivity index (χ3v) is 4.17. The Balaban J connectivity index is 1.81. The summed E-state index contributed by atoms with van der Waals surface area (Å²) in [6.45, 7) is 4.36. The predicted molar refractivity (Wildman–Crippen MR) is 89.1 cm³/mol. The van der Waals surface area contributed by atoms with Crippen LogP contribution in [0, 0.1) is 12.8 Å². The van der Waals surface area contributed by atoms with Crippen molar-refractivity contribution in [3.8, 4) is 5.75 Å². The van der Waals surface area contributed by atoms with Gasteiger partial charge in [0.1, 0.15) is 11.3 Å². The molecular weight excluding hydrogens is 326 g/mol. The van der Waals surface area contributed by atoms with Gasteiger partial charge in [0, 0.05) is 13.1 Å². The zero-order valence-corrected chi connectivity index (χ0v) is 14.5. The Labute approximate surface area is 146 Å². The van der Waals surface area contributed by atoms with Crippen LogP contribution >= 0.6 is 0 Å². The maximum absolute atomic E-state index is 12.1. The van der Waals surface area contributed by atoms with Crippen LogP contribution in [0.15, 0.2) is 18.2 Å². The number of likely N-dealkylation sites (tertiary alicyclic amines) is 1. The first-order valence-electron chi connectivity index (χ1n) is 8.33. The highest BCUT2D eigenvalue weighted by Crippen LogP contribution is 2.20. The number of hydrogen-bond donors (Lipinski definition) is 1. The molecule has 0 radical (unpaired) electrons. The Hall–Kier alpha value is -2.57. The van der Waals surface area contributed by atoms with Crippen LogP contribution in [-0.4, -0.2) is 54.2 Å². The summed E-state index contributed by atoms with van der Waals surface area (Å²) in [7, 11) is 0. The van der Waals surface area contributed by atoms with Crippen LogP contribution in [0.5, 0.6) is 5.75 Å². The number of ether oxygens (including phenoxy) is 2. The van der Waals surface area contributed by atoms with Crippen molar-refractivity contribution in [1.29, 1.82) is 0 Å². The van der Waals surface area contributed by atoms with Crippen LogP contribution in [0.25, 0.3) is 0 Å². The number of esters is 2. The number of rotatable bonds is 5. The van der Waals surface area contributed by atoms with Gasteiger partial charge < -0.3 is 19.5 Å². The van der Waals surface area contributed by atoms with E-state index in [0.29, 0.717) is 32.5 Å². The van der Waals surface area contributed by atoms with Crippen LogP contribution in [0.2, 0.25) is 0 Å². The molecule has 1 heterocycles. The quantitative estimate of drug-likeness (QED) is 0.813. The Morgan fingerprint density at radius 1 is 1.20 bits per heavy atom. The molecule has 0 bridgehead atoms. The fraction of sp³-hybridized carbons (Fsp3) is 0.500. The van der Waals surface area contributed by atoms with Crippen molar-refractivity contribution in [1.82, 2.24) is 4.90 Å². The molecule has 1 fully saturated rings. The highest BCUT2D eigenvalue weighted by atomic mass is 16.5. The fourth-order valence-corrected chi connectivity index (χ4v) is 2.74. The molecule has 0 aliphatic carbocycles. The molecule has 7 nitrogen and oxygen atoms in total. The number of hydrogen-bond acceptors (Lipinski definition) is 6. The minimum absolute atomic E-state index is 0.0272. The van der Waals surface area contributed by atoms with Gasteiger partial charge in [-0.3, -0.25) is 9.59 Å². The average Bonchev–Trinajstić information content (AvgIpc) is 2.59. The fourth-order valence-electron chi connectivity index (χ4n) is 2.74. The lowest BCUT2D eigenvalue weighted by molar-refractivity contribution is -0.151. The number of carbonyl (C=O) groups excluding carboxylic acids is 3. The first-order valence-corrected chi connectivity index (χ1v) is 8.33. The lowest BCUT2D eigenvalue weighted by Gasteiger charge is -2.30.